The van der Waals surface area contributed by atoms with Gasteiger partial charge in [0.2, 0.25) is 0 Å². The highest BCUT2D eigenvalue weighted by Gasteiger charge is 2.16. The predicted octanol–water partition coefficient (Wildman–Crippen LogP) is 2.23. The second kappa shape index (κ2) is 3.83. The Labute approximate surface area is 82.7 Å². The minimum atomic E-state index is 0.922. The Kier molecular flexibility index (Phi) is 2.54. The Morgan fingerprint density at radius 3 is 2.77 bits per heavy atom. The van der Waals surface area contributed by atoms with Crippen molar-refractivity contribution in [2.75, 3.05) is 24.2 Å². The summed E-state index contributed by atoms with van der Waals surface area (Å²) in [7, 11) is 0. The standard InChI is InChI=1S/C10H12N2S/c1-13-10-11-7-8-12(10)9-5-3-2-4-6-9/h2-6H,7-8H2,1H3. The fourth-order valence-corrected chi connectivity index (χ4v) is 2.09. The molecule has 0 N–H and O–H groups in total. The lowest BCUT2D eigenvalue weighted by molar-refractivity contribution is 1.02. The lowest BCUT2D eigenvalue weighted by atomic mass is 10.3. The molecular formula is C10H12N2S. The van der Waals surface area contributed by atoms with Crippen LogP contribution in [0.25, 0.3) is 0 Å². The van der Waals surface area contributed by atoms with E-state index in [2.05, 4.69) is 40.4 Å². The van der Waals surface area contributed by atoms with Crippen molar-refractivity contribution in [3.8, 4) is 0 Å². The van der Waals surface area contributed by atoms with Crippen molar-refractivity contribution in [3.05, 3.63) is 30.3 Å². The molecule has 2 nitrogen and oxygen atoms in total. The van der Waals surface area contributed by atoms with E-state index >= 15 is 0 Å². The Balaban J connectivity index is 2.23. The predicted molar refractivity (Wildman–Crippen MR) is 59.6 cm³/mol. The third-order valence-electron chi connectivity index (χ3n) is 2.05. The average Bonchev–Trinajstić information content (AvgIpc) is 2.67. The number of hydrogen-bond donors (Lipinski definition) is 0. The van der Waals surface area contributed by atoms with Crippen molar-refractivity contribution < 1.29 is 0 Å². The quantitative estimate of drug-likeness (QED) is 0.678. The van der Waals surface area contributed by atoms with E-state index in [1.165, 1.54) is 5.69 Å². The zero-order chi connectivity index (χ0) is 9.10. The summed E-state index contributed by atoms with van der Waals surface area (Å²) in [4.78, 5) is 6.67. The summed E-state index contributed by atoms with van der Waals surface area (Å²) >= 11 is 1.71. The van der Waals surface area contributed by atoms with Gasteiger partial charge in [-0.3, -0.25) is 4.99 Å². The van der Waals surface area contributed by atoms with Gasteiger partial charge in [-0.05, 0) is 18.4 Å². The maximum atomic E-state index is 4.42. The molecule has 3 heteroatoms. The Bertz CT molecular complexity index is 308. The lowest BCUT2D eigenvalue weighted by Gasteiger charge is -2.18. The van der Waals surface area contributed by atoms with Crippen LogP contribution < -0.4 is 4.90 Å². The molecule has 0 fully saturated rings. The normalized spacial score (nSPS) is 16.1. The summed E-state index contributed by atoms with van der Waals surface area (Å²) < 4.78 is 0. The van der Waals surface area contributed by atoms with Crippen molar-refractivity contribution in [3.63, 3.8) is 0 Å². The van der Waals surface area contributed by atoms with Crippen LogP contribution in [0.4, 0.5) is 5.69 Å². The third kappa shape index (κ3) is 1.70. The van der Waals surface area contributed by atoms with Gasteiger partial charge < -0.3 is 4.90 Å². The van der Waals surface area contributed by atoms with Gasteiger partial charge >= 0.3 is 0 Å². The molecule has 0 unspecified atom stereocenters. The molecule has 0 saturated carbocycles. The second-order valence-corrected chi connectivity index (χ2v) is 3.63. The molecule has 1 aliphatic rings. The number of amidine groups is 1. The largest absolute Gasteiger partial charge is 0.319 e. The third-order valence-corrected chi connectivity index (χ3v) is 2.77. The molecule has 0 amide bonds. The van der Waals surface area contributed by atoms with Crippen LogP contribution in [-0.2, 0) is 0 Å². The molecule has 0 saturated heterocycles. The topological polar surface area (TPSA) is 15.6 Å². The van der Waals surface area contributed by atoms with Gasteiger partial charge in [-0.1, -0.05) is 30.0 Å². The zero-order valence-corrected chi connectivity index (χ0v) is 8.42. The number of nitrogens with zero attached hydrogens (tertiary/aromatic N) is 2. The Morgan fingerprint density at radius 1 is 1.31 bits per heavy atom. The summed E-state index contributed by atoms with van der Waals surface area (Å²) in [6.45, 7) is 1.94. The highest BCUT2D eigenvalue weighted by molar-refractivity contribution is 8.13. The molecule has 0 radical (unpaired) electrons. The maximum Gasteiger partial charge on any atom is 0.163 e. The van der Waals surface area contributed by atoms with Gasteiger partial charge in [-0.25, -0.2) is 0 Å². The Morgan fingerprint density at radius 2 is 2.08 bits per heavy atom. The molecule has 0 spiro atoms. The smallest absolute Gasteiger partial charge is 0.163 e. The van der Waals surface area contributed by atoms with Crippen molar-refractivity contribution >= 4 is 22.6 Å². The van der Waals surface area contributed by atoms with E-state index < -0.39 is 0 Å². The molecular weight excluding hydrogens is 180 g/mol. The molecule has 2 rings (SSSR count). The molecule has 0 aromatic heterocycles. The van der Waals surface area contributed by atoms with Crippen molar-refractivity contribution in [1.82, 2.24) is 0 Å². The van der Waals surface area contributed by atoms with Gasteiger partial charge in [0.05, 0.1) is 6.54 Å². The minimum Gasteiger partial charge on any atom is -0.319 e. The summed E-state index contributed by atoms with van der Waals surface area (Å²) in [6.07, 6.45) is 2.07. The first-order valence-corrected chi connectivity index (χ1v) is 5.55. The van der Waals surface area contributed by atoms with Gasteiger partial charge in [0, 0.05) is 12.2 Å². The Hall–Kier alpha value is -0.960. The van der Waals surface area contributed by atoms with E-state index in [4.69, 9.17) is 0 Å². The van der Waals surface area contributed by atoms with Gasteiger partial charge in [0.25, 0.3) is 0 Å². The number of anilines is 1. The van der Waals surface area contributed by atoms with E-state index in [9.17, 15) is 0 Å². The highest BCUT2D eigenvalue weighted by atomic mass is 32.2. The second-order valence-electron chi connectivity index (χ2n) is 2.86. The van der Waals surface area contributed by atoms with Crippen LogP contribution in [0, 0.1) is 0 Å². The first-order chi connectivity index (χ1) is 6.42. The van der Waals surface area contributed by atoms with E-state index in [1.807, 2.05) is 6.07 Å². The van der Waals surface area contributed by atoms with E-state index in [0.29, 0.717) is 0 Å². The first-order valence-electron chi connectivity index (χ1n) is 4.33. The minimum absolute atomic E-state index is 0.922. The molecule has 0 atom stereocenters. The van der Waals surface area contributed by atoms with Crippen LogP contribution in [0.2, 0.25) is 0 Å². The van der Waals surface area contributed by atoms with E-state index in [0.717, 1.165) is 18.3 Å². The number of thioether (sulfide) groups is 1. The number of hydrogen-bond acceptors (Lipinski definition) is 3. The first kappa shape index (κ1) is 8.63. The van der Waals surface area contributed by atoms with Crippen LogP contribution in [-0.4, -0.2) is 24.5 Å². The monoisotopic (exact) mass is 192 g/mol. The molecule has 13 heavy (non-hydrogen) atoms. The molecule has 1 aliphatic heterocycles. The van der Waals surface area contributed by atoms with Gasteiger partial charge in [-0.2, -0.15) is 0 Å². The fraction of sp³-hybridized carbons (Fsp3) is 0.300. The van der Waals surface area contributed by atoms with Crippen LogP contribution >= 0.6 is 11.8 Å². The number of rotatable bonds is 1. The maximum absolute atomic E-state index is 4.42. The van der Waals surface area contributed by atoms with Crippen LogP contribution in [0.5, 0.6) is 0 Å². The molecule has 68 valence electrons. The molecule has 1 heterocycles. The zero-order valence-electron chi connectivity index (χ0n) is 7.60. The number of aliphatic imine (C=N–C) groups is 1. The summed E-state index contributed by atoms with van der Waals surface area (Å²) in [6, 6.07) is 10.4. The SMILES string of the molecule is CSC1=NCCN1c1ccccc1. The molecule has 1 aromatic carbocycles. The van der Waals surface area contributed by atoms with Crippen molar-refractivity contribution in [2.45, 2.75) is 0 Å². The van der Waals surface area contributed by atoms with Crippen LogP contribution in [0.15, 0.2) is 35.3 Å². The highest BCUT2D eigenvalue weighted by Crippen LogP contribution is 2.20. The van der Waals surface area contributed by atoms with Gasteiger partial charge in [0.1, 0.15) is 0 Å². The fourth-order valence-electron chi connectivity index (χ4n) is 1.45. The van der Waals surface area contributed by atoms with Crippen molar-refractivity contribution in [1.29, 1.82) is 0 Å². The summed E-state index contributed by atoms with van der Waals surface area (Å²) in [5, 5.41) is 1.13. The molecule has 1 aromatic rings. The molecule has 0 aliphatic carbocycles. The van der Waals surface area contributed by atoms with Gasteiger partial charge in [0.15, 0.2) is 5.17 Å². The van der Waals surface area contributed by atoms with Crippen molar-refractivity contribution in [2.24, 2.45) is 4.99 Å². The number of benzene rings is 1. The van der Waals surface area contributed by atoms with E-state index in [1.54, 1.807) is 11.8 Å². The summed E-state index contributed by atoms with van der Waals surface area (Å²) in [5.74, 6) is 0. The summed E-state index contributed by atoms with van der Waals surface area (Å²) in [5.41, 5.74) is 1.24. The molecule has 0 bridgehead atoms. The van der Waals surface area contributed by atoms with Crippen LogP contribution in [0.3, 0.4) is 0 Å². The van der Waals surface area contributed by atoms with Crippen LogP contribution in [0.1, 0.15) is 0 Å². The average molecular weight is 192 g/mol. The van der Waals surface area contributed by atoms with E-state index in [-0.39, 0.29) is 0 Å². The lowest BCUT2D eigenvalue weighted by Crippen LogP contribution is -2.24. The number of para-hydroxylation sites is 1. The van der Waals surface area contributed by atoms with Gasteiger partial charge in [-0.15, -0.1) is 0 Å².